The standard InChI is InChI=1S/C19H24N4O2/c1-12-10-23-11-14(7-8-17(23)20-12)21-18(24)15-9-13-5-3-2-4-6-16(13)22-19(15)25/h9-10,14H,2-8,11H2,1H3,(H,21,24)(H,22,25)/t14-/m0/s1. The van der Waals surface area contributed by atoms with Crippen molar-refractivity contribution in [3.8, 4) is 0 Å². The number of pyridine rings is 1. The summed E-state index contributed by atoms with van der Waals surface area (Å²) < 4.78 is 2.10. The van der Waals surface area contributed by atoms with E-state index < -0.39 is 0 Å². The molecule has 6 nitrogen and oxygen atoms in total. The van der Waals surface area contributed by atoms with E-state index in [0.717, 1.165) is 61.3 Å². The van der Waals surface area contributed by atoms with Gasteiger partial charge in [-0.05, 0) is 50.7 Å². The molecule has 0 saturated heterocycles. The maximum absolute atomic E-state index is 12.7. The van der Waals surface area contributed by atoms with Crippen molar-refractivity contribution in [1.82, 2.24) is 19.9 Å². The molecule has 0 spiro atoms. The number of imidazole rings is 1. The van der Waals surface area contributed by atoms with Crippen LogP contribution in [0, 0.1) is 6.92 Å². The highest BCUT2D eigenvalue weighted by molar-refractivity contribution is 5.94. The molecule has 6 heteroatoms. The van der Waals surface area contributed by atoms with Crippen molar-refractivity contribution >= 4 is 5.91 Å². The molecule has 0 bridgehead atoms. The first kappa shape index (κ1) is 16.1. The van der Waals surface area contributed by atoms with E-state index in [2.05, 4.69) is 19.9 Å². The summed E-state index contributed by atoms with van der Waals surface area (Å²) in [5.74, 6) is 0.810. The Bertz CT molecular complexity index is 865. The quantitative estimate of drug-likeness (QED) is 0.820. The lowest BCUT2D eigenvalue weighted by Crippen LogP contribution is -2.42. The van der Waals surface area contributed by atoms with Gasteiger partial charge in [-0.2, -0.15) is 0 Å². The molecule has 1 amide bonds. The van der Waals surface area contributed by atoms with Crippen LogP contribution < -0.4 is 10.9 Å². The summed E-state index contributed by atoms with van der Waals surface area (Å²) in [7, 11) is 0. The van der Waals surface area contributed by atoms with Crippen molar-refractivity contribution in [2.75, 3.05) is 0 Å². The van der Waals surface area contributed by atoms with Crippen molar-refractivity contribution in [2.45, 2.75) is 64.5 Å². The zero-order valence-electron chi connectivity index (χ0n) is 14.6. The minimum atomic E-state index is -0.270. The second-order valence-corrected chi connectivity index (χ2v) is 7.24. The van der Waals surface area contributed by atoms with Crippen molar-refractivity contribution in [2.24, 2.45) is 0 Å². The van der Waals surface area contributed by atoms with E-state index in [9.17, 15) is 9.59 Å². The molecule has 2 aromatic rings. The normalized spacial score (nSPS) is 19.6. The summed E-state index contributed by atoms with van der Waals surface area (Å²) in [5.41, 5.74) is 3.11. The van der Waals surface area contributed by atoms with E-state index in [-0.39, 0.29) is 23.1 Å². The highest BCUT2D eigenvalue weighted by Crippen LogP contribution is 2.19. The smallest absolute Gasteiger partial charge is 0.261 e. The number of hydrogen-bond acceptors (Lipinski definition) is 3. The number of aromatic amines is 1. The molecule has 3 heterocycles. The predicted octanol–water partition coefficient (Wildman–Crippen LogP) is 1.89. The van der Waals surface area contributed by atoms with Gasteiger partial charge in [0.1, 0.15) is 11.4 Å². The Morgan fingerprint density at radius 2 is 2.12 bits per heavy atom. The van der Waals surface area contributed by atoms with Gasteiger partial charge in [0.15, 0.2) is 0 Å². The summed E-state index contributed by atoms with van der Waals surface area (Å²) in [4.78, 5) is 32.5. The molecule has 2 N–H and O–H groups in total. The van der Waals surface area contributed by atoms with E-state index in [1.807, 2.05) is 19.2 Å². The molecule has 2 aromatic heterocycles. The Hall–Kier alpha value is -2.37. The van der Waals surface area contributed by atoms with Crippen LogP contribution in [0.2, 0.25) is 0 Å². The van der Waals surface area contributed by atoms with Crippen molar-refractivity contribution in [3.05, 3.63) is 51.0 Å². The van der Waals surface area contributed by atoms with Crippen LogP contribution >= 0.6 is 0 Å². The molecule has 1 aliphatic carbocycles. The Morgan fingerprint density at radius 1 is 1.28 bits per heavy atom. The number of amides is 1. The van der Waals surface area contributed by atoms with Crippen molar-refractivity contribution < 1.29 is 4.79 Å². The van der Waals surface area contributed by atoms with Gasteiger partial charge in [-0.15, -0.1) is 0 Å². The Kier molecular flexibility index (Phi) is 4.19. The molecule has 132 valence electrons. The van der Waals surface area contributed by atoms with Crippen LogP contribution in [0.5, 0.6) is 0 Å². The number of rotatable bonds is 2. The van der Waals surface area contributed by atoms with E-state index in [1.165, 1.54) is 6.42 Å². The van der Waals surface area contributed by atoms with Crippen LogP contribution in [-0.2, 0) is 25.8 Å². The van der Waals surface area contributed by atoms with Crippen LogP contribution in [0.15, 0.2) is 17.1 Å². The van der Waals surface area contributed by atoms with Crippen LogP contribution in [0.3, 0.4) is 0 Å². The largest absolute Gasteiger partial charge is 0.347 e. The second kappa shape index (κ2) is 6.50. The highest BCUT2D eigenvalue weighted by Gasteiger charge is 2.23. The molecule has 0 saturated carbocycles. The van der Waals surface area contributed by atoms with Gasteiger partial charge in [0.05, 0.1) is 5.69 Å². The molecule has 1 atom stereocenters. The third kappa shape index (κ3) is 3.25. The number of aromatic nitrogens is 3. The molecule has 0 aromatic carbocycles. The van der Waals surface area contributed by atoms with Gasteiger partial charge in [0, 0.05) is 30.9 Å². The number of nitrogens with zero attached hydrogens (tertiary/aromatic N) is 2. The zero-order valence-corrected chi connectivity index (χ0v) is 14.6. The number of H-pyrrole nitrogens is 1. The number of nitrogens with one attached hydrogen (secondary N) is 2. The fourth-order valence-corrected chi connectivity index (χ4v) is 3.99. The number of carbonyl (C=O) groups is 1. The fourth-order valence-electron chi connectivity index (χ4n) is 3.99. The first-order valence-corrected chi connectivity index (χ1v) is 9.19. The first-order valence-electron chi connectivity index (χ1n) is 9.19. The lowest BCUT2D eigenvalue weighted by atomic mass is 10.0. The van der Waals surface area contributed by atoms with E-state index in [4.69, 9.17) is 0 Å². The van der Waals surface area contributed by atoms with Gasteiger partial charge < -0.3 is 14.9 Å². The zero-order chi connectivity index (χ0) is 17.4. The summed E-state index contributed by atoms with van der Waals surface area (Å²) in [5, 5.41) is 3.04. The SMILES string of the molecule is Cc1cn2c(n1)CC[C@H](NC(=O)c1cc3c([nH]c1=O)CCCCC3)C2. The Morgan fingerprint density at radius 3 is 3.00 bits per heavy atom. The van der Waals surface area contributed by atoms with Crippen LogP contribution in [0.25, 0.3) is 0 Å². The summed E-state index contributed by atoms with van der Waals surface area (Å²) in [6.07, 6.45) is 8.94. The minimum Gasteiger partial charge on any atom is -0.347 e. The maximum Gasteiger partial charge on any atom is 0.261 e. The molecule has 1 aliphatic heterocycles. The monoisotopic (exact) mass is 340 g/mol. The first-order chi connectivity index (χ1) is 12.1. The molecule has 25 heavy (non-hydrogen) atoms. The topological polar surface area (TPSA) is 79.8 Å². The predicted molar refractivity (Wildman–Crippen MR) is 94.9 cm³/mol. The Labute approximate surface area is 146 Å². The summed E-state index contributed by atoms with van der Waals surface area (Å²) in [6.45, 7) is 2.69. The maximum atomic E-state index is 12.7. The van der Waals surface area contributed by atoms with Gasteiger partial charge in [0.2, 0.25) is 0 Å². The van der Waals surface area contributed by atoms with Gasteiger partial charge in [0.25, 0.3) is 11.5 Å². The van der Waals surface area contributed by atoms with Gasteiger partial charge in [-0.25, -0.2) is 4.98 Å². The molecule has 0 unspecified atom stereocenters. The number of aryl methyl sites for hydroxylation is 4. The van der Waals surface area contributed by atoms with Gasteiger partial charge in [-0.1, -0.05) is 6.42 Å². The van der Waals surface area contributed by atoms with Crippen molar-refractivity contribution in [3.63, 3.8) is 0 Å². The fraction of sp³-hybridized carbons (Fsp3) is 0.526. The minimum absolute atomic E-state index is 0.0341. The average molecular weight is 340 g/mol. The molecule has 0 fully saturated rings. The summed E-state index contributed by atoms with van der Waals surface area (Å²) in [6, 6.07) is 1.84. The lowest BCUT2D eigenvalue weighted by Gasteiger charge is -2.24. The lowest BCUT2D eigenvalue weighted by molar-refractivity contribution is 0.0926. The van der Waals surface area contributed by atoms with Gasteiger partial charge >= 0.3 is 0 Å². The number of fused-ring (bicyclic) bond motifs is 2. The van der Waals surface area contributed by atoms with E-state index in [1.54, 1.807) is 0 Å². The van der Waals surface area contributed by atoms with Crippen LogP contribution in [0.1, 0.15) is 58.8 Å². The van der Waals surface area contributed by atoms with Crippen LogP contribution in [0.4, 0.5) is 0 Å². The second-order valence-electron chi connectivity index (χ2n) is 7.24. The summed E-state index contributed by atoms with van der Waals surface area (Å²) >= 11 is 0. The van der Waals surface area contributed by atoms with E-state index >= 15 is 0 Å². The average Bonchev–Trinajstić information content (AvgIpc) is 2.80. The third-order valence-electron chi connectivity index (χ3n) is 5.28. The van der Waals surface area contributed by atoms with Crippen LogP contribution in [-0.4, -0.2) is 26.5 Å². The number of hydrogen-bond donors (Lipinski definition) is 2. The molecular formula is C19H24N4O2. The Balaban J connectivity index is 1.52. The van der Waals surface area contributed by atoms with E-state index in [0.29, 0.717) is 6.54 Å². The van der Waals surface area contributed by atoms with Crippen molar-refractivity contribution in [1.29, 1.82) is 0 Å². The molecular weight excluding hydrogens is 316 g/mol. The highest BCUT2D eigenvalue weighted by atomic mass is 16.2. The molecule has 4 rings (SSSR count). The third-order valence-corrected chi connectivity index (χ3v) is 5.28. The molecule has 2 aliphatic rings. The number of carbonyl (C=O) groups excluding carboxylic acids is 1. The molecule has 0 radical (unpaired) electrons. The van der Waals surface area contributed by atoms with Gasteiger partial charge in [-0.3, -0.25) is 9.59 Å².